The van der Waals surface area contributed by atoms with Gasteiger partial charge in [0.05, 0.1) is 22.1 Å². The van der Waals surface area contributed by atoms with Crippen LogP contribution in [-0.2, 0) is 23.2 Å². The molecule has 178 valence electrons. The van der Waals surface area contributed by atoms with E-state index in [-0.39, 0.29) is 23.9 Å². The Hall–Kier alpha value is -2.70. The van der Waals surface area contributed by atoms with Gasteiger partial charge in [-0.2, -0.15) is 19.6 Å². The van der Waals surface area contributed by atoms with Crippen LogP contribution in [0, 0.1) is 20.8 Å². The van der Waals surface area contributed by atoms with Gasteiger partial charge >= 0.3 is 0 Å². The third-order valence-corrected chi connectivity index (χ3v) is 8.35. The first kappa shape index (κ1) is 23.5. The Morgan fingerprint density at radius 3 is 2.30 bits per heavy atom. The highest BCUT2D eigenvalue weighted by Gasteiger charge is 2.33. The van der Waals surface area contributed by atoms with Crippen molar-refractivity contribution in [3.63, 3.8) is 0 Å². The number of piperazine rings is 1. The number of rotatable bonds is 6. The number of aromatic nitrogens is 6. The molecule has 0 unspecified atom stereocenters. The summed E-state index contributed by atoms with van der Waals surface area (Å²) in [6.45, 7) is 9.25. The predicted octanol–water partition coefficient (Wildman–Crippen LogP) is 1.53. The molecule has 0 bridgehead atoms. The minimum Gasteiger partial charge on any atom is -0.335 e. The summed E-state index contributed by atoms with van der Waals surface area (Å²) in [4.78, 5) is 14.8. The molecule has 3 aromatic rings. The number of sulfonamides is 1. The highest BCUT2D eigenvalue weighted by molar-refractivity contribution is 7.89. The van der Waals surface area contributed by atoms with E-state index in [1.54, 1.807) is 44.3 Å². The Labute approximate surface area is 197 Å². The zero-order valence-electron chi connectivity index (χ0n) is 19.1. The Morgan fingerprint density at radius 2 is 1.73 bits per heavy atom. The molecule has 0 atom stereocenters. The lowest BCUT2D eigenvalue weighted by atomic mass is 10.3. The van der Waals surface area contributed by atoms with Crippen LogP contribution >= 0.6 is 11.6 Å². The molecule has 0 saturated carbocycles. The lowest BCUT2D eigenvalue weighted by Gasteiger charge is -2.33. The molecule has 0 aromatic carbocycles. The first-order chi connectivity index (χ1) is 15.6. The molecular formula is C20H27ClN8O3S. The summed E-state index contributed by atoms with van der Waals surface area (Å²) in [5.41, 5.74) is 2.35. The number of nitrogens with zero attached hydrogens (tertiary/aromatic N) is 8. The van der Waals surface area contributed by atoms with Gasteiger partial charge in [0.25, 0.3) is 5.91 Å². The van der Waals surface area contributed by atoms with E-state index in [9.17, 15) is 13.2 Å². The van der Waals surface area contributed by atoms with Gasteiger partial charge in [0.15, 0.2) is 0 Å². The molecule has 0 spiro atoms. The van der Waals surface area contributed by atoms with Crippen LogP contribution < -0.4 is 0 Å². The largest absolute Gasteiger partial charge is 0.335 e. The Bertz CT molecular complexity index is 1280. The van der Waals surface area contributed by atoms with E-state index in [0.717, 1.165) is 11.4 Å². The quantitative estimate of drug-likeness (QED) is 0.513. The predicted molar refractivity (Wildman–Crippen MR) is 122 cm³/mol. The van der Waals surface area contributed by atoms with E-state index in [4.69, 9.17) is 11.6 Å². The number of aryl methyl sites for hydroxylation is 3. The van der Waals surface area contributed by atoms with Gasteiger partial charge in [0, 0.05) is 45.1 Å². The maximum Gasteiger partial charge on any atom is 0.274 e. The number of carbonyl (C=O) groups excluding carboxylic acids is 1. The molecule has 1 fully saturated rings. The summed E-state index contributed by atoms with van der Waals surface area (Å²) in [6.07, 6.45) is 3.28. The summed E-state index contributed by atoms with van der Waals surface area (Å²) in [5, 5.41) is 13.6. The third-order valence-electron chi connectivity index (χ3n) is 5.80. The van der Waals surface area contributed by atoms with Crippen LogP contribution in [-0.4, -0.2) is 79.1 Å². The molecule has 11 nitrogen and oxygen atoms in total. The summed E-state index contributed by atoms with van der Waals surface area (Å²) >= 11 is 6.20. The molecule has 4 rings (SSSR count). The fourth-order valence-corrected chi connectivity index (χ4v) is 5.58. The van der Waals surface area contributed by atoms with Crippen LogP contribution in [0.3, 0.4) is 0 Å². The number of halogens is 1. The minimum absolute atomic E-state index is 0.215. The molecule has 4 heterocycles. The number of hydrogen-bond donors (Lipinski definition) is 0. The Balaban J connectivity index is 1.40. The molecule has 0 aliphatic carbocycles. The SMILES string of the molecule is CCn1cc(S(=O)(=O)N2CCN(C(=O)c3ccn(Cn4nc(C)c(Cl)c4C)n3)CC2)c(C)n1. The minimum atomic E-state index is -3.66. The molecule has 0 radical (unpaired) electrons. The topological polar surface area (TPSA) is 111 Å². The highest BCUT2D eigenvalue weighted by Crippen LogP contribution is 2.21. The van der Waals surface area contributed by atoms with Crippen LogP contribution in [0.15, 0.2) is 23.4 Å². The summed E-state index contributed by atoms with van der Waals surface area (Å²) in [7, 11) is -3.66. The van der Waals surface area contributed by atoms with Crippen molar-refractivity contribution in [3.8, 4) is 0 Å². The van der Waals surface area contributed by atoms with Crippen molar-refractivity contribution >= 4 is 27.5 Å². The maximum absolute atomic E-state index is 13.0. The van der Waals surface area contributed by atoms with Gasteiger partial charge in [0.2, 0.25) is 10.0 Å². The smallest absolute Gasteiger partial charge is 0.274 e. The second kappa shape index (κ2) is 8.92. The normalized spacial score (nSPS) is 15.4. The van der Waals surface area contributed by atoms with E-state index in [1.807, 2.05) is 20.8 Å². The number of carbonyl (C=O) groups is 1. The molecule has 1 aliphatic rings. The van der Waals surface area contributed by atoms with Gasteiger partial charge in [-0.25, -0.2) is 13.1 Å². The monoisotopic (exact) mass is 494 g/mol. The van der Waals surface area contributed by atoms with Crippen molar-refractivity contribution < 1.29 is 13.2 Å². The van der Waals surface area contributed by atoms with Gasteiger partial charge in [-0.1, -0.05) is 11.6 Å². The number of amides is 1. The van der Waals surface area contributed by atoms with Crippen molar-refractivity contribution in [2.24, 2.45) is 0 Å². The van der Waals surface area contributed by atoms with Gasteiger partial charge in [-0.3, -0.25) is 14.2 Å². The van der Waals surface area contributed by atoms with Crippen LogP contribution in [0.4, 0.5) is 0 Å². The average Bonchev–Trinajstić information content (AvgIpc) is 3.49. The number of hydrogen-bond acceptors (Lipinski definition) is 6. The Kier molecular flexibility index (Phi) is 6.34. The molecule has 13 heteroatoms. The van der Waals surface area contributed by atoms with Crippen LogP contribution in [0.25, 0.3) is 0 Å². The van der Waals surface area contributed by atoms with E-state index >= 15 is 0 Å². The second-order valence-corrected chi connectivity index (χ2v) is 10.3. The Morgan fingerprint density at radius 1 is 1.03 bits per heavy atom. The lowest BCUT2D eigenvalue weighted by molar-refractivity contribution is 0.0691. The van der Waals surface area contributed by atoms with E-state index in [2.05, 4.69) is 15.3 Å². The zero-order valence-corrected chi connectivity index (χ0v) is 20.6. The highest BCUT2D eigenvalue weighted by atomic mass is 35.5. The van der Waals surface area contributed by atoms with Crippen LogP contribution in [0.2, 0.25) is 5.02 Å². The van der Waals surface area contributed by atoms with Crippen molar-refractivity contribution in [2.45, 2.75) is 45.8 Å². The van der Waals surface area contributed by atoms with Crippen molar-refractivity contribution in [1.82, 2.24) is 38.5 Å². The van der Waals surface area contributed by atoms with Crippen LogP contribution in [0.1, 0.15) is 34.5 Å². The van der Waals surface area contributed by atoms with Crippen molar-refractivity contribution in [2.75, 3.05) is 26.2 Å². The molecule has 1 aliphatic heterocycles. The summed E-state index contributed by atoms with van der Waals surface area (Å²) in [6, 6.07) is 1.65. The zero-order chi connectivity index (χ0) is 23.9. The second-order valence-electron chi connectivity index (χ2n) is 8.00. The molecular weight excluding hydrogens is 468 g/mol. The molecule has 1 saturated heterocycles. The third kappa shape index (κ3) is 4.42. The first-order valence-corrected chi connectivity index (χ1v) is 12.5. The van der Waals surface area contributed by atoms with Gasteiger partial charge in [-0.15, -0.1) is 0 Å². The molecule has 3 aromatic heterocycles. The lowest BCUT2D eigenvalue weighted by Crippen LogP contribution is -2.50. The molecule has 0 N–H and O–H groups in total. The summed E-state index contributed by atoms with van der Waals surface area (Å²) < 4.78 is 32.5. The van der Waals surface area contributed by atoms with Gasteiger partial charge in [0.1, 0.15) is 17.3 Å². The summed E-state index contributed by atoms with van der Waals surface area (Å²) in [5.74, 6) is -0.229. The fraction of sp³-hybridized carbons (Fsp3) is 0.500. The van der Waals surface area contributed by atoms with E-state index in [0.29, 0.717) is 42.7 Å². The van der Waals surface area contributed by atoms with Gasteiger partial charge in [-0.05, 0) is 33.8 Å². The standard InChI is InChI=1S/C20H27ClN8O3S/c1-5-26-12-18(14(2)22-26)33(31,32)28-10-8-25(9-11-28)20(30)17-6-7-27(24-17)13-29-16(4)19(21)15(3)23-29/h6-7,12H,5,8-11,13H2,1-4H3. The van der Waals surface area contributed by atoms with Crippen molar-refractivity contribution in [3.05, 3.63) is 46.3 Å². The van der Waals surface area contributed by atoms with E-state index < -0.39 is 10.0 Å². The average molecular weight is 495 g/mol. The van der Waals surface area contributed by atoms with Crippen molar-refractivity contribution in [1.29, 1.82) is 0 Å². The molecule has 33 heavy (non-hydrogen) atoms. The van der Waals surface area contributed by atoms with Gasteiger partial charge < -0.3 is 4.90 Å². The maximum atomic E-state index is 13.0. The first-order valence-electron chi connectivity index (χ1n) is 10.7. The van der Waals surface area contributed by atoms with Crippen LogP contribution in [0.5, 0.6) is 0 Å². The molecule has 1 amide bonds. The fourth-order valence-electron chi connectivity index (χ4n) is 3.85. The van der Waals surface area contributed by atoms with E-state index in [1.165, 1.54) is 4.31 Å².